The molecule has 0 radical (unpaired) electrons. The predicted octanol–water partition coefficient (Wildman–Crippen LogP) is 35.5. The largest absolute Gasteiger partial charge is 0.309 e. The Morgan fingerprint density at radius 1 is 0.143 bits per heavy atom. The van der Waals surface area contributed by atoms with Crippen LogP contribution in [0.2, 0.25) is 0 Å². The molecular formula is C132H80N12S3. The maximum Gasteiger partial charge on any atom is 0.162 e. The summed E-state index contributed by atoms with van der Waals surface area (Å²) in [6.45, 7) is 0. The molecule has 12 heterocycles. The van der Waals surface area contributed by atoms with E-state index in [1.807, 2.05) is 0 Å². The van der Waals surface area contributed by atoms with E-state index < -0.39 is 0 Å². The van der Waals surface area contributed by atoms with Crippen LogP contribution < -0.4 is 0 Å². The molecule has 0 bridgehead atoms. The molecule has 12 aromatic heterocycles. The maximum atomic E-state index is 5.41. The number of nitrogens with zero attached hydrogens (tertiary/aromatic N) is 12. The topological polar surface area (TPSA) is 107 Å². The van der Waals surface area contributed by atoms with Crippen LogP contribution in [0, 0.1) is 0 Å². The molecule has 0 saturated carbocycles. The van der Waals surface area contributed by atoms with Gasteiger partial charge in [-0.1, -0.05) is 322 Å². The second-order valence-electron chi connectivity index (χ2n) is 37.5. The molecule has 15 heteroatoms. The van der Waals surface area contributed by atoms with Crippen LogP contribution in [0.4, 0.5) is 0 Å². The Bertz CT molecular complexity index is 10700. The summed E-state index contributed by atoms with van der Waals surface area (Å²) in [6.07, 6.45) is 0. The molecule has 147 heavy (non-hydrogen) atoms. The van der Waals surface area contributed by atoms with Crippen molar-refractivity contribution in [2.24, 2.45) is 0 Å². The van der Waals surface area contributed by atoms with Gasteiger partial charge < -0.3 is 22.8 Å². The van der Waals surface area contributed by atoms with Gasteiger partial charge in [-0.2, -0.15) is 0 Å². The second-order valence-corrected chi connectivity index (χ2v) is 40.6. The Balaban J connectivity index is 0.000000102. The average Bonchev–Trinajstić information content (AvgIpc) is 1.55. The lowest BCUT2D eigenvalue weighted by Crippen LogP contribution is -2.02. The monoisotopic (exact) mass is 1930 g/mol. The molecule has 0 amide bonds. The number of para-hydroxylation sites is 12. The molecule has 0 aliphatic heterocycles. The highest BCUT2D eigenvalue weighted by molar-refractivity contribution is 7.27. The third-order valence-corrected chi connectivity index (χ3v) is 32.7. The molecule has 20 aromatic carbocycles. The Morgan fingerprint density at radius 3 is 0.667 bits per heavy atom. The van der Waals surface area contributed by atoms with Gasteiger partial charge >= 0.3 is 0 Å². The average molecular weight is 1930 g/mol. The van der Waals surface area contributed by atoms with Crippen molar-refractivity contribution >= 4 is 226 Å². The molecule has 0 saturated heterocycles. The summed E-state index contributed by atoms with van der Waals surface area (Å²) >= 11 is 5.29. The van der Waals surface area contributed by atoms with Crippen molar-refractivity contribution in [3.63, 3.8) is 0 Å². The van der Waals surface area contributed by atoms with Gasteiger partial charge in [-0.3, -0.25) is 4.57 Å². The van der Waals surface area contributed by atoms with Crippen molar-refractivity contribution in [1.29, 1.82) is 0 Å². The number of rotatable bonds is 11. The first-order valence-corrected chi connectivity index (χ1v) is 51.9. The van der Waals surface area contributed by atoms with Crippen LogP contribution in [-0.4, -0.2) is 57.3 Å². The number of thiophene rings is 3. The Kier molecular flexibility index (Phi) is 19.3. The summed E-state index contributed by atoms with van der Waals surface area (Å²) in [6, 6.07) is 173. The summed E-state index contributed by atoms with van der Waals surface area (Å²) in [7, 11) is 0. The molecule has 0 N–H and O–H groups in total. The number of hydrogen-bond donors (Lipinski definition) is 0. The van der Waals surface area contributed by atoms with Gasteiger partial charge in [-0.25, -0.2) is 29.9 Å². The summed E-state index contributed by atoms with van der Waals surface area (Å²) in [4.78, 5) is 31.9. The van der Waals surface area contributed by atoms with Gasteiger partial charge in [0.1, 0.15) is 0 Å². The fraction of sp³-hybridized carbons (Fsp3) is 0. The van der Waals surface area contributed by atoms with Crippen LogP contribution in [0.5, 0.6) is 0 Å². The summed E-state index contributed by atoms with van der Waals surface area (Å²) < 4.78 is 21.0. The predicted molar refractivity (Wildman–Crippen MR) is 618 cm³/mol. The summed E-state index contributed by atoms with van der Waals surface area (Å²) in [5.41, 5.74) is 29.6. The highest BCUT2D eigenvalue weighted by Crippen LogP contribution is 2.48. The second kappa shape index (κ2) is 33.9. The lowest BCUT2D eigenvalue weighted by molar-refractivity contribution is 1.08. The van der Waals surface area contributed by atoms with Crippen molar-refractivity contribution < 1.29 is 0 Å². The normalized spacial score (nSPS) is 11.9. The summed E-state index contributed by atoms with van der Waals surface area (Å²) in [5.74, 6) is 3.06. The van der Waals surface area contributed by atoms with Crippen LogP contribution in [0.15, 0.2) is 485 Å². The van der Waals surface area contributed by atoms with Crippen LogP contribution in [0.25, 0.3) is 283 Å². The Labute approximate surface area is 852 Å². The smallest absolute Gasteiger partial charge is 0.162 e. The molecule has 0 spiro atoms. The molecule has 32 aromatic rings. The number of benzene rings is 20. The van der Waals surface area contributed by atoms with Gasteiger partial charge in [0.05, 0.1) is 108 Å². The quantitative estimate of drug-likeness (QED) is 0.128. The molecular weight excluding hydrogens is 1850 g/mol. The Morgan fingerprint density at radius 2 is 0.361 bits per heavy atom. The minimum absolute atomic E-state index is 0.713. The van der Waals surface area contributed by atoms with Crippen LogP contribution in [0.1, 0.15) is 0 Å². The molecule has 0 aliphatic rings. The van der Waals surface area contributed by atoms with Crippen molar-refractivity contribution in [3.8, 4) is 90.9 Å². The number of hydrogen-bond acceptors (Lipinski definition) is 9. The van der Waals surface area contributed by atoms with E-state index in [-0.39, 0.29) is 0 Å². The first-order chi connectivity index (χ1) is 72.9. The van der Waals surface area contributed by atoms with Gasteiger partial charge in [0.15, 0.2) is 23.3 Å². The zero-order chi connectivity index (χ0) is 96.4. The van der Waals surface area contributed by atoms with Gasteiger partial charge in [0.25, 0.3) is 0 Å². The molecule has 12 nitrogen and oxygen atoms in total. The molecule has 0 fully saturated rings. The number of aromatic nitrogens is 12. The minimum atomic E-state index is 0.713. The zero-order valence-electron chi connectivity index (χ0n) is 78.8. The highest BCUT2D eigenvalue weighted by Gasteiger charge is 2.27. The zero-order valence-corrected chi connectivity index (χ0v) is 81.2. The van der Waals surface area contributed by atoms with Crippen molar-refractivity contribution in [2.45, 2.75) is 0 Å². The van der Waals surface area contributed by atoms with Gasteiger partial charge in [0, 0.05) is 151 Å². The van der Waals surface area contributed by atoms with Crippen LogP contribution >= 0.6 is 34.0 Å². The Hall–Kier alpha value is -18.9. The minimum Gasteiger partial charge on any atom is -0.309 e. The van der Waals surface area contributed by atoms with E-state index in [4.69, 9.17) is 29.9 Å². The van der Waals surface area contributed by atoms with Gasteiger partial charge in [-0.05, 0) is 164 Å². The van der Waals surface area contributed by atoms with E-state index in [9.17, 15) is 0 Å². The van der Waals surface area contributed by atoms with E-state index in [1.165, 1.54) is 134 Å². The van der Waals surface area contributed by atoms with Crippen molar-refractivity contribution in [1.82, 2.24) is 57.3 Å². The van der Waals surface area contributed by atoms with E-state index >= 15 is 0 Å². The fourth-order valence-electron chi connectivity index (χ4n) is 22.7. The van der Waals surface area contributed by atoms with Gasteiger partial charge in [0.2, 0.25) is 0 Å². The molecule has 32 rings (SSSR count). The van der Waals surface area contributed by atoms with E-state index in [2.05, 4.69) is 513 Å². The maximum absolute atomic E-state index is 5.41. The highest BCUT2D eigenvalue weighted by atomic mass is 32.1. The van der Waals surface area contributed by atoms with E-state index in [0.29, 0.717) is 11.6 Å². The molecule has 0 aliphatic carbocycles. The van der Waals surface area contributed by atoms with Crippen LogP contribution in [-0.2, 0) is 0 Å². The van der Waals surface area contributed by atoms with Crippen LogP contribution in [0.3, 0.4) is 0 Å². The van der Waals surface area contributed by atoms with Gasteiger partial charge in [-0.15, -0.1) is 34.0 Å². The van der Waals surface area contributed by atoms with E-state index in [0.717, 1.165) is 137 Å². The molecule has 0 unspecified atom stereocenters. The third-order valence-electron chi connectivity index (χ3n) is 29.2. The first-order valence-electron chi connectivity index (χ1n) is 49.5. The standard InChI is InChI=1S/2C46H28N4S.C40H24N4S/c1-6-22-38-33(17-1)34-18-2-7-23-39(34)49(38)31-15-11-13-29(27-31)43-45-44(37-21-5-10-26-42(37)51-45)48-46(47-43)30-14-12-16-32(28-30)50-40-24-8-3-19-35(40)36-20-4-9-25-41(36)50;1-6-16-38-33(11-1)34-12-2-7-17-39(34)49(38)31-25-21-29(22-26-31)43-45-44(37-15-5-10-20-42(37)51-45)48-46(47-43)30-23-27-32(28-24-30)50-40-18-8-3-13-35(40)36-14-4-9-19-41(36)50;1-6-19-32-27(14-1)28-15-2-7-20-33(28)43(32)26-13-11-12-25(24-26)39-41-37-31-18-5-10-23-36(31)45-38(37)40(42-39)44-34-21-8-3-16-29(34)30-17-4-9-22-35(30)44/h2*1-28H;1-24H. The third kappa shape index (κ3) is 13.5. The number of fused-ring (bicyclic) bond motifs is 27. The van der Waals surface area contributed by atoms with Crippen molar-refractivity contribution in [2.75, 3.05) is 0 Å². The van der Waals surface area contributed by atoms with Crippen molar-refractivity contribution in [3.05, 3.63) is 485 Å². The van der Waals surface area contributed by atoms with E-state index in [1.54, 1.807) is 34.0 Å². The lowest BCUT2D eigenvalue weighted by Gasteiger charge is -2.12. The summed E-state index contributed by atoms with van der Waals surface area (Å²) in [5, 5.41) is 18.4. The lowest BCUT2D eigenvalue weighted by atomic mass is 10.1. The first kappa shape index (κ1) is 83.8. The SMILES string of the molecule is c1cc(-c2nc(-c3cccc(-n4c5ccccc5c5ccccc54)c3)c3sc4ccccc4c3n2)cc(-n2c3ccccc3c3ccccc32)c1.c1cc(-c2nc(-n3c4ccccc4c4ccccc43)c3sc4ccccc4c3n2)cc(-n2c3ccccc3c3ccccc32)c1.c1ccc2c(c1)sc1c(-c3ccc(-n4c5ccccc5c5ccccc54)cc3)nc(-c3ccc(-n4c5ccccc5c5ccccc54)cc3)nc12. The molecule has 686 valence electrons. The molecule has 0 atom stereocenters. The fourth-order valence-corrected chi connectivity index (χ4v) is 26.2.